The maximum Gasteiger partial charge on any atom is 0.321 e. The minimum atomic E-state index is -0.536. The summed E-state index contributed by atoms with van der Waals surface area (Å²) in [5, 5.41) is 7.36. The van der Waals surface area contributed by atoms with Gasteiger partial charge in [-0.15, -0.1) is 0 Å². The topological polar surface area (TPSA) is 70.2 Å². The Balaban J connectivity index is 2.37. The molecule has 5 nitrogen and oxygen atoms in total. The van der Waals surface area contributed by atoms with Crippen molar-refractivity contribution in [2.75, 3.05) is 18.4 Å². The quantitative estimate of drug-likeness (QED) is 0.777. The molecule has 0 aromatic heterocycles. The van der Waals surface area contributed by atoms with Crippen LogP contribution in [0.15, 0.2) is 18.2 Å². The average Bonchev–Trinajstić information content (AvgIpc) is 2.38. The molecule has 0 aliphatic heterocycles. The molecule has 0 saturated heterocycles. The van der Waals surface area contributed by atoms with Gasteiger partial charge in [-0.25, -0.2) is 9.18 Å². The number of urea groups is 1. The number of imide groups is 1. The molecule has 1 rings (SSSR count). The molecule has 3 amide bonds. The van der Waals surface area contributed by atoms with E-state index in [1.807, 2.05) is 6.92 Å². The number of hydrogen-bond donors (Lipinski definition) is 3. The van der Waals surface area contributed by atoms with Crippen LogP contribution in [-0.2, 0) is 4.79 Å². The number of hydrogen-bond acceptors (Lipinski definition) is 3. The number of anilines is 1. The number of benzene rings is 1. The van der Waals surface area contributed by atoms with Crippen LogP contribution in [0.1, 0.15) is 13.3 Å². The molecule has 1 aromatic rings. The molecular weight excluding hydrogens is 273 g/mol. The first kappa shape index (κ1) is 15.2. The number of carbonyl (C=O) groups excluding carboxylic acids is 2. The van der Waals surface area contributed by atoms with Gasteiger partial charge in [0.2, 0.25) is 5.91 Å². The van der Waals surface area contributed by atoms with Crippen molar-refractivity contribution >= 4 is 29.2 Å². The van der Waals surface area contributed by atoms with Crippen LogP contribution >= 0.6 is 11.6 Å². The first-order valence-electron chi connectivity index (χ1n) is 5.79. The molecule has 0 saturated carbocycles. The zero-order chi connectivity index (χ0) is 14.3. The highest BCUT2D eigenvalue weighted by molar-refractivity contribution is 6.31. The molecule has 3 N–H and O–H groups in total. The fourth-order valence-electron chi connectivity index (χ4n) is 1.24. The van der Waals surface area contributed by atoms with Gasteiger partial charge in [-0.1, -0.05) is 18.5 Å². The number of nitrogens with one attached hydrogen (secondary N) is 3. The molecule has 104 valence electrons. The molecule has 0 aliphatic carbocycles. The Labute approximate surface area is 115 Å². The number of carbonyl (C=O) groups is 2. The third kappa shape index (κ3) is 5.56. The Hall–Kier alpha value is -1.82. The summed E-state index contributed by atoms with van der Waals surface area (Å²) in [6, 6.07) is 3.47. The molecular formula is C12H15ClFN3O2. The second-order valence-corrected chi connectivity index (χ2v) is 4.19. The van der Waals surface area contributed by atoms with Crippen molar-refractivity contribution in [1.82, 2.24) is 10.6 Å². The molecule has 1 aromatic carbocycles. The Kier molecular flexibility index (Phi) is 6.08. The van der Waals surface area contributed by atoms with E-state index in [4.69, 9.17) is 11.6 Å². The van der Waals surface area contributed by atoms with Crippen LogP contribution in [-0.4, -0.2) is 25.0 Å². The molecule has 7 heteroatoms. The van der Waals surface area contributed by atoms with Crippen molar-refractivity contribution in [3.8, 4) is 0 Å². The summed E-state index contributed by atoms with van der Waals surface area (Å²) in [5.74, 6) is -1.02. The summed E-state index contributed by atoms with van der Waals surface area (Å²) >= 11 is 5.59. The van der Waals surface area contributed by atoms with E-state index in [-0.39, 0.29) is 11.6 Å². The highest BCUT2D eigenvalue weighted by Crippen LogP contribution is 2.18. The fraction of sp³-hybridized carbons (Fsp3) is 0.333. The van der Waals surface area contributed by atoms with Crippen LogP contribution in [0.3, 0.4) is 0 Å². The lowest BCUT2D eigenvalue weighted by molar-refractivity contribution is -0.118. The maximum atomic E-state index is 12.9. The molecule has 0 atom stereocenters. The van der Waals surface area contributed by atoms with Gasteiger partial charge in [0.15, 0.2) is 0 Å². The summed E-state index contributed by atoms with van der Waals surface area (Å²) in [4.78, 5) is 22.6. The van der Waals surface area contributed by atoms with Gasteiger partial charge in [0, 0.05) is 12.2 Å². The van der Waals surface area contributed by atoms with Gasteiger partial charge < -0.3 is 10.6 Å². The van der Waals surface area contributed by atoms with E-state index in [1.54, 1.807) is 0 Å². The molecule has 19 heavy (non-hydrogen) atoms. The highest BCUT2D eigenvalue weighted by atomic mass is 35.5. The Morgan fingerprint density at radius 1 is 1.37 bits per heavy atom. The summed E-state index contributed by atoms with van der Waals surface area (Å²) < 4.78 is 12.9. The van der Waals surface area contributed by atoms with Gasteiger partial charge >= 0.3 is 6.03 Å². The second-order valence-electron chi connectivity index (χ2n) is 3.79. The summed E-state index contributed by atoms with van der Waals surface area (Å²) in [5.41, 5.74) is 0.496. The predicted octanol–water partition coefficient (Wildman–Crippen LogP) is 2.13. The molecule has 0 fully saturated rings. The molecule has 0 aliphatic rings. The van der Waals surface area contributed by atoms with E-state index in [0.717, 1.165) is 6.42 Å². The third-order valence-corrected chi connectivity index (χ3v) is 2.45. The summed E-state index contributed by atoms with van der Waals surface area (Å²) in [6.07, 6.45) is 0.786. The first-order valence-corrected chi connectivity index (χ1v) is 6.17. The van der Waals surface area contributed by atoms with Gasteiger partial charge in [0.25, 0.3) is 0 Å². The fourth-order valence-corrected chi connectivity index (χ4v) is 1.42. The van der Waals surface area contributed by atoms with E-state index in [1.165, 1.54) is 18.2 Å². The molecule has 0 bridgehead atoms. The lowest BCUT2D eigenvalue weighted by Gasteiger charge is -2.08. The van der Waals surface area contributed by atoms with Crippen molar-refractivity contribution in [3.05, 3.63) is 29.0 Å². The van der Waals surface area contributed by atoms with E-state index in [0.29, 0.717) is 12.2 Å². The SMILES string of the molecule is CCCNC(=O)NC(=O)CNc1ccc(F)c(Cl)c1. The smallest absolute Gasteiger partial charge is 0.321 e. The molecule has 0 spiro atoms. The van der Waals surface area contributed by atoms with Crippen LogP contribution < -0.4 is 16.0 Å². The van der Waals surface area contributed by atoms with E-state index < -0.39 is 17.8 Å². The van der Waals surface area contributed by atoms with Crippen molar-refractivity contribution in [3.63, 3.8) is 0 Å². The Bertz CT molecular complexity index is 468. The van der Waals surface area contributed by atoms with E-state index in [2.05, 4.69) is 16.0 Å². The zero-order valence-corrected chi connectivity index (χ0v) is 11.2. The normalized spacial score (nSPS) is 9.84. The largest absolute Gasteiger partial charge is 0.376 e. The lowest BCUT2D eigenvalue weighted by atomic mass is 10.3. The van der Waals surface area contributed by atoms with E-state index in [9.17, 15) is 14.0 Å². The van der Waals surface area contributed by atoms with Crippen molar-refractivity contribution in [1.29, 1.82) is 0 Å². The van der Waals surface area contributed by atoms with Crippen molar-refractivity contribution < 1.29 is 14.0 Å². The van der Waals surface area contributed by atoms with Crippen LogP contribution in [0.5, 0.6) is 0 Å². The van der Waals surface area contributed by atoms with Gasteiger partial charge in [0.05, 0.1) is 11.6 Å². The second kappa shape index (κ2) is 7.58. The Morgan fingerprint density at radius 3 is 2.74 bits per heavy atom. The van der Waals surface area contributed by atoms with Gasteiger partial charge in [0.1, 0.15) is 5.82 Å². The van der Waals surface area contributed by atoms with Gasteiger partial charge in [-0.05, 0) is 24.6 Å². The van der Waals surface area contributed by atoms with Crippen LogP contribution in [0.4, 0.5) is 14.9 Å². The first-order chi connectivity index (χ1) is 9.02. The summed E-state index contributed by atoms with van der Waals surface area (Å²) in [6.45, 7) is 2.30. The van der Waals surface area contributed by atoms with Crippen molar-refractivity contribution in [2.24, 2.45) is 0 Å². The molecule has 0 heterocycles. The maximum absolute atomic E-state index is 12.9. The Morgan fingerprint density at radius 2 is 2.11 bits per heavy atom. The predicted molar refractivity (Wildman–Crippen MR) is 71.7 cm³/mol. The lowest BCUT2D eigenvalue weighted by Crippen LogP contribution is -2.42. The standard InChI is InChI=1S/C12H15ClFN3O2/c1-2-5-15-12(19)17-11(18)7-16-8-3-4-10(14)9(13)6-8/h3-4,6,16H,2,5,7H2,1H3,(H2,15,17,18,19). The third-order valence-electron chi connectivity index (χ3n) is 2.16. The van der Waals surface area contributed by atoms with Gasteiger partial charge in [-0.3, -0.25) is 10.1 Å². The van der Waals surface area contributed by atoms with Crippen LogP contribution in [0.25, 0.3) is 0 Å². The van der Waals surface area contributed by atoms with Crippen LogP contribution in [0, 0.1) is 5.82 Å². The number of halogens is 2. The highest BCUT2D eigenvalue weighted by Gasteiger charge is 2.07. The average molecular weight is 288 g/mol. The number of rotatable bonds is 5. The zero-order valence-electron chi connectivity index (χ0n) is 10.4. The monoisotopic (exact) mass is 287 g/mol. The minimum absolute atomic E-state index is 0.0360. The number of amides is 3. The van der Waals surface area contributed by atoms with Crippen molar-refractivity contribution in [2.45, 2.75) is 13.3 Å². The summed E-state index contributed by atoms with van der Waals surface area (Å²) in [7, 11) is 0. The molecule has 0 radical (unpaired) electrons. The minimum Gasteiger partial charge on any atom is -0.376 e. The molecule has 0 unspecified atom stereocenters. The van der Waals surface area contributed by atoms with Crippen LogP contribution in [0.2, 0.25) is 5.02 Å². The van der Waals surface area contributed by atoms with E-state index >= 15 is 0 Å². The van der Waals surface area contributed by atoms with Gasteiger partial charge in [-0.2, -0.15) is 0 Å².